The van der Waals surface area contributed by atoms with Crippen LogP contribution in [0.25, 0.3) is 0 Å². The van der Waals surface area contributed by atoms with Gasteiger partial charge in [-0.3, -0.25) is 5.32 Å². The maximum atomic E-state index is 9.88. The average Bonchev–Trinajstić information content (AvgIpc) is 3.35. The molecule has 2 unspecified atom stereocenters. The molecule has 2 rings (SSSR count). The highest BCUT2D eigenvalue weighted by atomic mass is 15.1. The number of nitriles is 1. The van der Waals surface area contributed by atoms with Crippen LogP contribution in [0.2, 0.25) is 0 Å². The fraction of sp³-hybridized carbons (Fsp3) is 0.611. The minimum atomic E-state index is -0.551. The van der Waals surface area contributed by atoms with E-state index in [1.165, 1.54) is 12.8 Å². The summed E-state index contributed by atoms with van der Waals surface area (Å²) in [6.45, 7) is 5.38. The van der Waals surface area contributed by atoms with Crippen LogP contribution in [0.15, 0.2) is 30.3 Å². The van der Waals surface area contributed by atoms with Crippen molar-refractivity contribution in [3.63, 3.8) is 0 Å². The number of hydrogen-bond acceptors (Lipinski definition) is 3. The van der Waals surface area contributed by atoms with Crippen LogP contribution in [-0.4, -0.2) is 30.6 Å². The van der Waals surface area contributed by atoms with Crippen LogP contribution < -0.4 is 5.32 Å². The topological polar surface area (TPSA) is 39.1 Å². The highest BCUT2D eigenvalue weighted by Gasteiger charge is 2.38. The lowest BCUT2D eigenvalue weighted by Gasteiger charge is -2.32. The molecular weight excluding hydrogens is 258 g/mol. The van der Waals surface area contributed by atoms with Gasteiger partial charge in [0.05, 0.1) is 6.07 Å². The molecule has 3 nitrogen and oxygen atoms in total. The van der Waals surface area contributed by atoms with Crippen molar-refractivity contribution in [2.45, 2.75) is 57.2 Å². The Balaban J connectivity index is 2.14. The number of nitrogens with zero attached hydrogens (tertiary/aromatic N) is 2. The summed E-state index contributed by atoms with van der Waals surface area (Å²) in [7, 11) is 2.15. The molecule has 0 radical (unpaired) electrons. The fourth-order valence-corrected chi connectivity index (χ4v) is 2.63. The van der Waals surface area contributed by atoms with E-state index in [4.69, 9.17) is 0 Å². The standard InChI is InChI=1S/C18H27N3/c1-4-15(2)21(3)13-12-18(14-19,20-17-10-11-17)16-8-6-5-7-9-16/h5-9,15,17,20H,4,10-13H2,1-3H3. The van der Waals surface area contributed by atoms with E-state index >= 15 is 0 Å². The van der Waals surface area contributed by atoms with E-state index in [1.54, 1.807) is 0 Å². The third-order valence-corrected chi connectivity index (χ3v) is 4.67. The van der Waals surface area contributed by atoms with Crippen LogP contribution in [0.4, 0.5) is 0 Å². The molecule has 1 N–H and O–H groups in total. The molecule has 1 aliphatic carbocycles. The largest absolute Gasteiger partial charge is 0.304 e. The molecule has 0 aliphatic heterocycles. The second-order valence-corrected chi connectivity index (χ2v) is 6.29. The Hall–Kier alpha value is -1.37. The van der Waals surface area contributed by atoms with Crippen LogP contribution in [0.1, 0.15) is 45.1 Å². The quantitative estimate of drug-likeness (QED) is 0.796. The van der Waals surface area contributed by atoms with Gasteiger partial charge in [-0.2, -0.15) is 5.26 Å². The van der Waals surface area contributed by atoms with Gasteiger partial charge in [0.2, 0.25) is 0 Å². The van der Waals surface area contributed by atoms with Gasteiger partial charge in [-0.05, 0) is 45.2 Å². The SMILES string of the molecule is CCC(C)N(C)CCC(C#N)(NC1CC1)c1ccccc1. The third kappa shape index (κ3) is 4.06. The van der Waals surface area contributed by atoms with Crippen molar-refractivity contribution < 1.29 is 0 Å². The van der Waals surface area contributed by atoms with Gasteiger partial charge in [0.25, 0.3) is 0 Å². The molecule has 1 fully saturated rings. The molecule has 1 aromatic rings. The fourth-order valence-electron chi connectivity index (χ4n) is 2.63. The van der Waals surface area contributed by atoms with E-state index in [0.29, 0.717) is 12.1 Å². The minimum absolute atomic E-state index is 0.513. The zero-order valence-electron chi connectivity index (χ0n) is 13.5. The Morgan fingerprint density at radius 1 is 1.38 bits per heavy atom. The second-order valence-electron chi connectivity index (χ2n) is 6.29. The zero-order chi connectivity index (χ0) is 15.3. The summed E-state index contributed by atoms with van der Waals surface area (Å²) < 4.78 is 0. The molecule has 1 aliphatic rings. The van der Waals surface area contributed by atoms with E-state index in [0.717, 1.165) is 24.9 Å². The van der Waals surface area contributed by atoms with Crippen LogP contribution >= 0.6 is 0 Å². The number of benzene rings is 1. The Morgan fingerprint density at radius 2 is 2.05 bits per heavy atom. The van der Waals surface area contributed by atoms with E-state index < -0.39 is 5.54 Å². The van der Waals surface area contributed by atoms with Crippen molar-refractivity contribution in [1.29, 1.82) is 5.26 Å². The van der Waals surface area contributed by atoms with Crippen molar-refractivity contribution in [1.82, 2.24) is 10.2 Å². The molecule has 1 aromatic carbocycles. The first-order valence-corrected chi connectivity index (χ1v) is 8.06. The lowest BCUT2D eigenvalue weighted by molar-refractivity contribution is 0.222. The van der Waals surface area contributed by atoms with Crippen LogP contribution in [0.3, 0.4) is 0 Å². The van der Waals surface area contributed by atoms with Gasteiger partial charge in [-0.15, -0.1) is 0 Å². The van der Waals surface area contributed by atoms with Crippen molar-refractivity contribution in [3.8, 4) is 6.07 Å². The predicted octanol–water partition coefficient (Wildman–Crippen LogP) is 3.28. The Kier molecular flexibility index (Phi) is 5.39. The molecule has 0 amide bonds. The van der Waals surface area contributed by atoms with Gasteiger partial charge in [0, 0.05) is 18.6 Å². The molecular formula is C18H27N3. The first-order chi connectivity index (χ1) is 10.1. The predicted molar refractivity (Wildman–Crippen MR) is 86.9 cm³/mol. The molecule has 0 aromatic heterocycles. The Morgan fingerprint density at radius 3 is 2.57 bits per heavy atom. The highest BCUT2D eigenvalue weighted by molar-refractivity contribution is 5.32. The highest BCUT2D eigenvalue weighted by Crippen LogP contribution is 2.31. The average molecular weight is 285 g/mol. The summed E-state index contributed by atoms with van der Waals surface area (Å²) in [5.74, 6) is 0. The molecule has 1 saturated carbocycles. The summed E-state index contributed by atoms with van der Waals surface area (Å²) in [5, 5.41) is 13.5. The molecule has 114 valence electrons. The number of rotatable bonds is 8. The van der Waals surface area contributed by atoms with E-state index in [9.17, 15) is 5.26 Å². The van der Waals surface area contributed by atoms with Gasteiger partial charge in [0.1, 0.15) is 5.54 Å². The molecule has 0 heterocycles. The normalized spacial score (nSPS) is 19.0. The lowest BCUT2D eigenvalue weighted by atomic mass is 9.87. The molecule has 0 bridgehead atoms. The first-order valence-electron chi connectivity index (χ1n) is 8.06. The molecule has 2 atom stereocenters. The van der Waals surface area contributed by atoms with Crippen molar-refractivity contribution in [2.24, 2.45) is 0 Å². The van der Waals surface area contributed by atoms with Gasteiger partial charge in [-0.25, -0.2) is 0 Å². The molecule has 0 spiro atoms. The first kappa shape index (κ1) is 16.0. The monoisotopic (exact) mass is 285 g/mol. The Bertz CT molecular complexity index is 475. The maximum Gasteiger partial charge on any atom is 0.133 e. The van der Waals surface area contributed by atoms with Crippen molar-refractivity contribution >= 4 is 0 Å². The van der Waals surface area contributed by atoms with Crippen LogP contribution in [0, 0.1) is 11.3 Å². The molecule has 0 saturated heterocycles. The van der Waals surface area contributed by atoms with Crippen molar-refractivity contribution in [2.75, 3.05) is 13.6 Å². The zero-order valence-corrected chi connectivity index (χ0v) is 13.5. The van der Waals surface area contributed by atoms with Crippen LogP contribution in [0.5, 0.6) is 0 Å². The molecule has 3 heteroatoms. The van der Waals surface area contributed by atoms with Gasteiger partial charge in [0.15, 0.2) is 0 Å². The molecule has 21 heavy (non-hydrogen) atoms. The van der Waals surface area contributed by atoms with Gasteiger partial charge >= 0.3 is 0 Å². The summed E-state index contributed by atoms with van der Waals surface area (Å²) in [5.41, 5.74) is 0.543. The summed E-state index contributed by atoms with van der Waals surface area (Å²) >= 11 is 0. The summed E-state index contributed by atoms with van der Waals surface area (Å²) in [6, 6.07) is 13.8. The van der Waals surface area contributed by atoms with Gasteiger partial charge < -0.3 is 4.90 Å². The van der Waals surface area contributed by atoms with Crippen molar-refractivity contribution in [3.05, 3.63) is 35.9 Å². The summed E-state index contributed by atoms with van der Waals surface area (Å²) in [4.78, 5) is 2.35. The Labute approximate surface area is 129 Å². The third-order valence-electron chi connectivity index (χ3n) is 4.67. The van der Waals surface area contributed by atoms with Crippen LogP contribution in [-0.2, 0) is 5.54 Å². The number of hydrogen-bond donors (Lipinski definition) is 1. The number of nitrogens with one attached hydrogen (secondary N) is 1. The lowest BCUT2D eigenvalue weighted by Crippen LogP contribution is -2.45. The second kappa shape index (κ2) is 7.06. The maximum absolute atomic E-state index is 9.88. The van der Waals surface area contributed by atoms with Gasteiger partial charge in [-0.1, -0.05) is 37.3 Å². The van der Waals surface area contributed by atoms with E-state index in [2.05, 4.69) is 49.3 Å². The van der Waals surface area contributed by atoms with E-state index in [1.807, 2.05) is 18.2 Å². The smallest absolute Gasteiger partial charge is 0.133 e. The minimum Gasteiger partial charge on any atom is -0.304 e. The summed E-state index contributed by atoms with van der Waals surface area (Å²) in [6.07, 6.45) is 4.34. The van der Waals surface area contributed by atoms with E-state index in [-0.39, 0.29) is 0 Å².